The topological polar surface area (TPSA) is 71.0 Å². The second-order valence-corrected chi connectivity index (χ2v) is 8.92. The number of hydrogen-bond acceptors (Lipinski definition) is 6. The van der Waals surface area contributed by atoms with Gasteiger partial charge in [-0.1, -0.05) is 18.6 Å². The summed E-state index contributed by atoms with van der Waals surface area (Å²) in [6.45, 7) is 7.72. The number of anilines is 1. The first-order chi connectivity index (χ1) is 16.2. The Morgan fingerprint density at radius 3 is 2.70 bits per heavy atom. The Hall–Kier alpha value is -2.97. The molecule has 0 aliphatic carbocycles. The molecule has 4 aromatic rings. The fourth-order valence-corrected chi connectivity index (χ4v) is 4.86. The van der Waals surface area contributed by atoms with Gasteiger partial charge in [-0.2, -0.15) is 0 Å². The maximum absolute atomic E-state index is 5.95. The van der Waals surface area contributed by atoms with Crippen molar-refractivity contribution in [2.45, 2.75) is 39.3 Å². The van der Waals surface area contributed by atoms with Crippen LogP contribution in [0.1, 0.15) is 31.7 Å². The summed E-state index contributed by atoms with van der Waals surface area (Å²) in [7, 11) is 0. The van der Waals surface area contributed by atoms with Crippen LogP contribution in [-0.4, -0.2) is 50.7 Å². The molecule has 2 aromatic heterocycles. The van der Waals surface area contributed by atoms with Gasteiger partial charge >= 0.3 is 0 Å². The van der Waals surface area contributed by atoms with Crippen LogP contribution in [0.2, 0.25) is 0 Å². The summed E-state index contributed by atoms with van der Waals surface area (Å²) in [6, 6.07) is 12.4. The fraction of sp³-hybridized carbons (Fsp3) is 0.400. The van der Waals surface area contributed by atoms with Gasteiger partial charge in [0.25, 0.3) is 0 Å². The molecule has 2 aromatic carbocycles. The van der Waals surface area contributed by atoms with Gasteiger partial charge in [0.15, 0.2) is 4.77 Å². The molecule has 0 amide bonds. The lowest BCUT2D eigenvalue weighted by Gasteiger charge is -2.26. The first kappa shape index (κ1) is 21.9. The predicted molar refractivity (Wildman–Crippen MR) is 135 cm³/mol. The van der Waals surface area contributed by atoms with Crippen molar-refractivity contribution in [3.63, 3.8) is 0 Å². The van der Waals surface area contributed by atoms with Gasteiger partial charge < -0.3 is 19.6 Å². The van der Waals surface area contributed by atoms with Crippen LogP contribution in [0.5, 0.6) is 5.75 Å². The van der Waals surface area contributed by atoms with Gasteiger partial charge in [0, 0.05) is 25.0 Å². The first-order valence-electron chi connectivity index (χ1n) is 11.8. The summed E-state index contributed by atoms with van der Waals surface area (Å²) in [5.41, 5.74) is 4.13. The van der Waals surface area contributed by atoms with Crippen LogP contribution in [0, 0.1) is 4.77 Å². The minimum atomic E-state index is 0.671. The summed E-state index contributed by atoms with van der Waals surface area (Å²) in [4.78, 5) is 14.7. The number of nitrogens with one attached hydrogen (secondary N) is 2. The summed E-state index contributed by atoms with van der Waals surface area (Å²) in [5.74, 6) is 1.73. The fourth-order valence-electron chi connectivity index (χ4n) is 4.53. The first-order valence-corrected chi connectivity index (χ1v) is 12.2. The molecule has 1 aliphatic rings. The third kappa shape index (κ3) is 4.86. The molecule has 1 aliphatic heterocycles. The Morgan fingerprint density at radius 2 is 1.91 bits per heavy atom. The van der Waals surface area contributed by atoms with E-state index in [-0.39, 0.29) is 0 Å². The number of benzene rings is 2. The van der Waals surface area contributed by atoms with Gasteiger partial charge in [-0.25, -0.2) is 9.97 Å². The molecule has 172 valence electrons. The van der Waals surface area contributed by atoms with Crippen LogP contribution >= 0.6 is 12.2 Å². The minimum Gasteiger partial charge on any atom is -0.492 e. The van der Waals surface area contributed by atoms with Crippen LogP contribution in [-0.2, 0) is 13.1 Å². The molecule has 33 heavy (non-hydrogen) atoms. The Balaban J connectivity index is 1.24. The molecule has 8 heteroatoms. The molecule has 3 heterocycles. The van der Waals surface area contributed by atoms with Crippen molar-refractivity contribution in [3.8, 4) is 5.75 Å². The minimum absolute atomic E-state index is 0.671. The predicted octanol–water partition coefficient (Wildman–Crippen LogP) is 5.14. The van der Waals surface area contributed by atoms with E-state index in [1.807, 2.05) is 12.1 Å². The Kier molecular flexibility index (Phi) is 6.55. The van der Waals surface area contributed by atoms with Gasteiger partial charge in [-0.15, -0.1) is 0 Å². The van der Waals surface area contributed by atoms with Crippen molar-refractivity contribution >= 4 is 40.0 Å². The van der Waals surface area contributed by atoms with Gasteiger partial charge in [0.1, 0.15) is 24.5 Å². The van der Waals surface area contributed by atoms with E-state index in [1.165, 1.54) is 37.9 Å². The van der Waals surface area contributed by atoms with Crippen LogP contribution < -0.4 is 10.1 Å². The van der Waals surface area contributed by atoms with Crippen LogP contribution in [0.25, 0.3) is 21.9 Å². The number of ether oxygens (including phenoxy) is 1. The zero-order chi connectivity index (χ0) is 22.6. The van der Waals surface area contributed by atoms with E-state index in [4.69, 9.17) is 17.0 Å². The van der Waals surface area contributed by atoms with Gasteiger partial charge in [-0.05, 0) is 74.9 Å². The molecule has 2 N–H and O–H groups in total. The molecule has 5 rings (SSSR count). The average Bonchev–Trinajstić information content (AvgIpc) is 3.16. The zero-order valence-electron chi connectivity index (χ0n) is 19.0. The van der Waals surface area contributed by atoms with Crippen LogP contribution in [0.3, 0.4) is 0 Å². The SMILES string of the molecule is CCn1c(=S)[nH]c2cc3c(NCc4ccc(OCCN5CCCCC5)cc4)ncnc3cc21. The highest BCUT2D eigenvalue weighted by molar-refractivity contribution is 7.71. The molecule has 0 saturated carbocycles. The highest BCUT2D eigenvalue weighted by Gasteiger charge is 2.11. The van der Waals surface area contributed by atoms with Crippen molar-refractivity contribution in [2.24, 2.45) is 0 Å². The second-order valence-electron chi connectivity index (χ2n) is 8.53. The zero-order valence-corrected chi connectivity index (χ0v) is 19.8. The molecule has 0 atom stereocenters. The lowest BCUT2D eigenvalue weighted by Crippen LogP contribution is -2.33. The lowest BCUT2D eigenvalue weighted by molar-refractivity contribution is 0.183. The maximum atomic E-state index is 5.95. The molecule has 0 radical (unpaired) electrons. The molecule has 0 bridgehead atoms. The standard InChI is InChI=1S/C25H30N6OS/c1-2-31-23-15-21-20(14-22(23)29-25(31)33)24(28-17-27-21)26-16-18-6-8-19(9-7-18)32-13-12-30-10-4-3-5-11-30/h6-9,14-15,17H,2-5,10-13,16H2,1H3,(H,29,33)(H,26,27,28). The largest absolute Gasteiger partial charge is 0.492 e. The van der Waals surface area contributed by atoms with Crippen LogP contribution in [0.15, 0.2) is 42.7 Å². The van der Waals surface area contributed by atoms with E-state index in [1.54, 1.807) is 6.33 Å². The van der Waals surface area contributed by atoms with E-state index < -0.39 is 0 Å². The van der Waals surface area contributed by atoms with Crippen molar-refractivity contribution in [1.29, 1.82) is 0 Å². The molecule has 1 fully saturated rings. The molecule has 0 unspecified atom stereocenters. The number of imidazole rings is 1. The van der Waals surface area contributed by atoms with Crippen molar-refractivity contribution < 1.29 is 4.74 Å². The second kappa shape index (κ2) is 9.89. The van der Waals surface area contributed by atoms with Gasteiger partial charge in [0.05, 0.1) is 16.6 Å². The molecular formula is C25H30N6OS. The highest BCUT2D eigenvalue weighted by atomic mass is 32.1. The number of aromatic nitrogens is 4. The monoisotopic (exact) mass is 462 g/mol. The van der Waals surface area contributed by atoms with Crippen molar-refractivity contribution in [2.75, 3.05) is 31.6 Å². The molecular weight excluding hydrogens is 432 g/mol. The third-order valence-electron chi connectivity index (χ3n) is 6.35. The normalized spacial score (nSPS) is 14.7. The summed E-state index contributed by atoms with van der Waals surface area (Å²) >= 11 is 5.45. The smallest absolute Gasteiger partial charge is 0.178 e. The summed E-state index contributed by atoms with van der Waals surface area (Å²) in [5, 5.41) is 4.44. The van der Waals surface area contributed by atoms with E-state index in [0.29, 0.717) is 6.54 Å². The molecule has 0 spiro atoms. The van der Waals surface area contributed by atoms with Crippen LogP contribution in [0.4, 0.5) is 5.82 Å². The number of aromatic amines is 1. The Bertz CT molecular complexity index is 1290. The number of piperidine rings is 1. The van der Waals surface area contributed by atoms with Crippen molar-refractivity contribution in [3.05, 3.63) is 53.1 Å². The average molecular weight is 463 g/mol. The number of H-pyrrole nitrogens is 1. The lowest BCUT2D eigenvalue weighted by atomic mass is 10.1. The maximum Gasteiger partial charge on any atom is 0.178 e. The number of aryl methyl sites for hydroxylation is 1. The van der Waals surface area contributed by atoms with E-state index >= 15 is 0 Å². The summed E-state index contributed by atoms with van der Waals surface area (Å²) < 4.78 is 8.75. The van der Waals surface area contributed by atoms with E-state index in [0.717, 1.165) is 58.0 Å². The third-order valence-corrected chi connectivity index (χ3v) is 6.68. The number of hydrogen-bond donors (Lipinski definition) is 2. The highest BCUT2D eigenvalue weighted by Crippen LogP contribution is 2.26. The Labute approximate surface area is 198 Å². The molecule has 1 saturated heterocycles. The van der Waals surface area contributed by atoms with E-state index in [2.05, 4.69) is 60.9 Å². The number of likely N-dealkylation sites (tertiary alicyclic amines) is 1. The quantitative estimate of drug-likeness (QED) is 0.353. The number of fused-ring (bicyclic) bond motifs is 2. The van der Waals surface area contributed by atoms with Crippen molar-refractivity contribution in [1.82, 2.24) is 24.4 Å². The molecule has 7 nitrogen and oxygen atoms in total. The van der Waals surface area contributed by atoms with Gasteiger partial charge in [-0.3, -0.25) is 4.90 Å². The van der Waals surface area contributed by atoms with Gasteiger partial charge in [0.2, 0.25) is 0 Å². The van der Waals surface area contributed by atoms with E-state index in [9.17, 15) is 0 Å². The Morgan fingerprint density at radius 1 is 1.09 bits per heavy atom. The number of rotatable bonds is 8. The number of nitrogens with zero attached hydrogens (tertiary/aromatic N) is 4. The summed E-state index contributed by atoms with van der Waals surface area (Å²) in [6.07, 6.45) is 5.59.